The van der Waals surface area contributed by atoms with Crippen molar-refractivity contribution in [2.75, 3.05) is 9.80 Å². The monoisotopic (exact) mass is 1370 g/mol. The van der Waals surface area contributed by atoms with E-state index in [0.717, 1.165) is 90.1 Å². The highest BCUT2D eigenvalue weighted by Gasteiger charge is 2.53. The van der Waals surface area contributed by atoms with Gasteiger partial charge < -0.3 is 18.9 Å². The summed E-state index contributed by atoms with van der Waals surface area (Å²) in [4.78, 5) is 15.3. The summed E-state index contributed by atoms with van der Waals surface area (Å²) in [5.74, 6) is 0. The van der Waals surface area contributed by atoms with Gasteiger partial charge in [0.15, 0.2) is 0 Å². The number of benzene rings is 16. The van der Waals surface area contributed by atoms with Gasteiger partial charge in [0.2, 0.25) is 0 Å². The summed E-state index contributed by atoms with van der Waals surface area (Å²) in [5, 5.41) is 4.75. The van der Waals surface area contributed by atoms with Crippen LogP contribution in [0, 0.1) is 0 Å². The number of anilines is 6. The minimum Gasteiger partial charge on any atom is -0.310 e. The van der Waals surface area contributed by atoms with Crippen LogP contribution in [0.25, 0.3) is 122 Å². The molecule has 3 heterocycles. The maximum Gasteiger partial charge on any atom is 0.0965 e. The molecular weight excluding hydrogens is 1310 g/mol. The van der Waals surface area contributed by atoms with Crippen molar-refractivity contribution in [3.05, 3.63) is 433 Å². The molecule has 0 saturated heterocycles. The predicted octanol–water partition coefficient (Wildman–Crippen LogP) is 25.6. The molecule has 108 heavy (non-hydrogen) atoms. The third-order valence-corrected chi connectivity index (χ3v) is 23.8. The van der Waals surface area contributed by atoms with Gasteiger partial charge in [-0.05, 0) is 210 Å². The van der Waals surface area contributed by atoms with Gasteiger partial charge in [0.05, 0.1) is 44.3 Å². The molecule has 3 aromatic heterocycles. The van der Waals surface area contributed by atoms with Crippen LogP contribution < -0.4 is 9.80 Å². The van der Waals surface area contributed by atoms with E-state index in [0.29, 0.717) is 0 Å². The molecule has 6 nitrogen and oxygen atoms in total. The molecule has 19 aromatic rings. The lowest BCUT2D eigenvalue weighted by Crippen LogP contribution is -2.26. The molecule has 4 aliphatic rings. The third kappa shape index (κ3) is 8.36. The topological polar surface area (TPSA) is 42.1 Å². The van der Waals surface area contributed by atoms with E-state index in [4.69, 9.17) is 9.97 Å². The summed E-state index contributed by atoms with van der Waals surface area (Å²) in [5.41, 5.74) is 36.2. The zero-order valence-electron chi connectivity index (χ0n) is 58.6. The summed E-state index contributed by atoms with van der Waals surface area (Å²) in [7, 11) is 0. The lowest BCUT2D eigenvalue weighted by Gasteiger charge is -2.32. The fourth-order valence-corrected chi connectivity index (χ4v) is 19.5. The largest absolute Gasteiger partial charge is 0.310 e. The predicted molar refractivity (Wildman–Crippen MR) is 444 cm³/mol. The molecule has 0 fully saturated rings. The molecule has 16 aromatic carbocycles. The zero-order valence-corrected chi connectivity index (χ0v) is 58.6. The van der Waals surface area contributed by atoms with Crippen LogP contribution in [0.3, 0.4) is 0 Å². The van der Waals surface area contributed by atoms with E-state index < -0.39 is 10.8 Å². The number of hydrogen-bond donors (Lipinski definition) is 0. The number of para-hydroxylation sites is 4. The van der Waals surface area contributed by atoms with E-state index in [2.05, 4.69) is 395 Å². The van der Waals surface area contributed by atoms with Gasteiger partial charge in [-0.15, -0.1) is 0 Å². The van der Waals surface area contributed by atoms with Crippen LogP contribution in [0.15, 0.2) is 389 Å². The Labute approximate surface area is 624 Å². The highest BCUT2D eigenvalue weighted by Crippen LogP contribution is 2.66. The summed E-state index contributed by atoms with van der Waals surface area (Å²) in [6.07, 6.45) is 3.64. The molecule has 0 bridgehead atoms. The molecule has 0 aliphatic heterocycles. The quantitative estimate of drug-likeness (QED) is 0.137. The molecule has 0 saturated carbocycles. The maximum atomic E-state index is 5.20. The van der Waals surface area contributed by atoms with Gasteiger partial charge in [-0.3, -0.25) is 9.97 Å². The second kappa shape index (κ2) is 23.1. The van der Waals surface area contributed by atoms with Crippen molar-refractivity contribution in [3.8, 4) is 78.4 Å². The van der Waals surface area contributed by atoms with Crippen LogP contribution in [0.4, 0.5) is 34.1 Å². The normalized spacial score (nSPS) is 13.3. The second-order valence-corrected chi connectivity index (χ2v) is 29.0. The van der Waals surface area contributed by atoms with Crippen LogP contribution in [-0.2, 0) is 10.8 Å². The van der Waals surface area contributed by atoms with E-state index in [1.54, 1.807) is 0 Å². The SMILES string of the molecule is c1ccc(-n2c3ccccc3c3cc(N(c4ccc(-c5nccnc5-c5ccc(N(c6ccc7c(c6)C6(c8ccccc8-c8ccccc86)c6ccccc6-7)c6ccc7c(c6)c6ccccc6n7-c6ccccc6)cc5)cc4)c4ccc5c(c4)C4(c6ccccc6-c6ccccc64)c4ccccc4-5)ccc32)cc1. The third-order valence-electron chi connectivity index (χ3n) is 23.8. The van der Waals surface area contributed by atoms with Crippen molar-refractivity contribution in [3.63, 3.8) is 0 Å². The number of aromatic nitrogens is 4. The Bertz CT molecular complexity index is 6400. The molecule has 23 rings (SSSR count). The summed E-state index contributed by atoms with van der Waals surface area (Å²) < 4.78 is 4.79. The van der Waals surface area contributed by atoms with Gasteiger partial charge in [-0.1, -0.05) is 255 Å². The van der Waals surface area contributed by atoms with Crippen molar-refractivity contribution in [2.24, 2.45) is 0 Å². The molecule has 502 valence electrons. The van der Waals surface area contributed by atoms with Crippen LogP contribution in [-0.4, -0.2) is 19.1 Å². The summed E-state index contributed by atoms with van der Waals surface area (Å²) in [6.45, 7) is 0. The first-order chi connectivity index (χ1) is 53.6. The molecule has 0 N–H and O–H groups in total. The second-order valence-electron chi connectivity index (χ2n) is 29.0. The van der Waals surface area contributed by atoms with Gasteiger partial charge in [0.25, 0.3) is 0 Å². The Morgan fingerprint density at radius 2 is 0.472 bits per heavy atom. The highest BCUT2D eigenvalue weighted by atomic mass is 15.2. The molecular formula is C102H64N6. The number of nitrogens with zero attached hydrogens (tertiary/aromatic N) is 6. The smallest absolute Gasteiger partial charge is 0.0965 e. The first kappa shape index (κ1) is 60.2. The fourth-order valence-electron chi connectivity index (χ4n) is 19.5. The molecule has 0 amide bonds. The van der Waals surface area contributed by atoms with Gasteiger partial charge in [0, 0.05) is 90.6 Å². The lowest BCUT2D eigenvalue weighted by atomic mass is 9.70. The van der Waals surface area contributed by atoms with E-state index in [1.807, 2.05) is 12.4 Å². The van der Waals surface area contributed by atoms with E-state index in [-0.39, 0.29) is 0 Å². The summed E-state index contributed by atoms with van der Waals surface area (Å²) in [6, 6.07) is 140. The average Bonchev–Trinajstić information content (AvgIpc) is 1.51. The van der Waals surface area contributed by atoms with Crippen molar-refractivity contribution < 1.29 is 0 Å². The van der Waals surface area contributed by atoms with Gasteiger partial charge in [-0.2, -0.15) is 0 Å². The molecule has 2 spiro atoms. The van der Waals surface area contributed by atoms with E-state index in [9.17, 15) is 0 Å². The summed E-state index contributed by atoms with van der Waals surface area (Å²) >= 11 is 0. The van der Waals surface area contributed by atoms with Gasteiger partial charge in [-0.25, -0.2) is 0 Å². The molecule has 6 heteroatoms. The standard InChI is InChI=1S/C102H64N6/c1-3-23-67(24-4-1)107-95-41-21-13-33-83(95)85-61-71(53-57-97(85)107)105(73-51-55-81-79-31-11-19-39-91(79)101(93(81)63-73)87-35-15-7-27-75(87)76-28-8-16-36-88(76)101)69-47-43-65(44-48-69)99-100(104-60-59-103-99)66-45-49-70(50-46-66)106(72-54-58-98-86(62-72)84-34-14-22-42-96(84)108(98)68-25-5-2-6-26-68)74-52-56-82-80-32-12-20-40-92(80)102(94(82)64-74)89-37-17-9-29-77(89)78-30-10-18-38-90(78)102/h1-64H. The van der Waals surface area contributed by atoms with Crippen LogP contribution in [0.2, 0.25) is 0 Å². The number of hydrogen-bond acceptors (Lipinski definition) is 4. The Morgan fingerprint density at radius 3 is 0.824 bits per heavy atom. The van der Waals surface area contributed by atoms with E-state index >= 15 is 0 Å². The Balaban J connectivity index is 0.667. The Morgan fingerprint density at radius 1 is 0.204 bits per heavy atom. The molecule has 0 atom stereocenters. The first-order valence-corrected chi connectivity index (χ1v) is 37.3. The fraction of sp³-hybridized carbons (Fsp3) is 0.0196. The van der Waals surface area contributed by atoms with Crippen LogP contribution >= 0.6 is 0 Å². The van der Waals surface area contributed by atoms with Crippen molar-refractivity contribution in [1.29, 1.82) is 0 Å². The first-order valence-electron chi connectivity index (χ1n) is 37.3. The zero-order chi connectivity index (χ0) is 70.8. The van der Waals surface area contributed by atoms with Gasteiger partial charge in [0.1, 0.15) is 0 Å². The number of rotatable bonds is 10. The van der Waals surface area contributed by atoms with Crippen LogP contribution in [0.5, 0.6) is 0 Å². The minimum absolute atomic E-state index is 0.523. The number of fused-ring (bicyclic) bond motifs is 26. The average molecular weight is 1370 g/mol. The maximum absolute atomic E-state index is 5.20. The lowest BCUT2D eigenvalue weighted by molar-refractivity contribution is 0.793. The highest BCUT2D eigenvalue weighted by molar-refractivity contribution is 6.13. The minimum atomic E-state index is -0.523. The van der Waals surface area contributed by atoms with Crippen molar-refractivity contribution in [1.82, 2.24) is 19.1 Å². The Hall–Kier alpha value is -14.2. The molecule has 4 aliphatic carbocycles. The van der Waals surface area contributed by atoms with Crippen LogP contribution in [0.1, 0.15) is 44.5 Å². The van der Waals surface area contributed by atoms with Crippen molar-refractivity contribution in [2.45, 2.75) is 10.8 Å². The van der Waals surface area contributed by atoms with Crippen molar-refractivity contribution >= 4 is 77.7 Å². The van der Waals surface area contributed by atoms with Gasteiger partial charge >= 0.3 is 0 Å². The molecule has 0 unspecified atom stereocenters. The molecule has 0 radical (unpaired) electrons. The van der Waals surface area contributed by atoms with E-state index in [1.165, 1.54) is 111 Å². The Kier molecular flexibility index (Phi) is 12.9.